The predicted octanol–water partition coefficient (Wildman–Crippen LogP) is 2.74. The molecule has 0 saturated carbocycles. The van der Waals surface area contributed by atoms with E-state index in [1.807, 2.05) is 44.3 Å². The Hall–Kier alpha value is -1.86. The zero-order chi connectivity index (χ0) is 10.9. The summed E-state index contributed by atoms with van der Waals surface area (Å²) in [6.45, 7) is 3.78. The van der Waals surface area contributed by atoms with E-state index in [-0.39, 0.29) is 0 Å². The first-order valence-electron chi connectivity index (χ1n) is 4.80. The fraction of sp³-hybridized carbons (Fsp3) is 0.250. The number of rotatable bonds is 2. The number of fused-ring (bicyclic) bond motifs is 1. The van der Waals surface area contributed by atoms with Crippen LogP contribution in [0.25, 0.3) is 10.9 Å². The van der Waals surface area contributed by atoms with E-state index in [9.17, 15) is 4.79 Å². The topological polar surface area (TPSA) is 45.2 Å². The normalized spacial score (nSPS) is 11.3. The van der Waals surface area contributed by atoms with Gasteiger partial charge in [-0.05, 0) is 36.9 Å². The molecule has 0 aliphatic heterocycles. The summed E-state index contributed by atoms with van der Waals surface area (Å²) in [5.41, 5.74) is 1.54. The van der Waals surface area contributed by atoms with E-state index in [4.69, 9.17) is 0 Å². The van der Waals surface area contributed by atoms with Gasteiger partial charge in [0.15, 0.2) is 0 Å². The standard InChI is InChI=1S/C12H12N2O/c1-12(2,14-8-15)10-4-3-9-5-6-13-11(9)7-10/h3-7,13H,1-2H3. The zero-order valence-corrected chi connectivity index (χ0v) is 8.74. The maximum atomic E-state index is 10.3. The van der Waals surface area contributed by atoms with E-state index in [0.29, 0.717) is 0 Å². The molecular weight excluding hydrogens is 188 g/mol. The van der Waals surface area contributed by atoms with E-state index in [2.05, 4.69) is 9.98 Å². The van der Waals surface area contributed by atoms with Crippen molar-refractivity contribution in [2.24, 2.45) is 4.99 Å². The lowest BCUT2D eigenvalue weighted by atomic mass is 9.94. The summed E-state index contributed by atoms with van der Waals surface area (Å²) < 4.78 is 0. The van der Waals surface area contributed by atoms with E-state index < -0.39 is 5.54 Å². The summed E-state index contributed by atoms with van der Waals surface area (Å²) in [6.07, 6.45) is 3.51. The Bertz CT molecular complexity index is 533. The monoisotopic (exact) mass is 200 g/mol. The second-order valence-electron chi connectivity index (χ2n) is 4.04. The third-order valence-corrected chi connectivity index (χ3v) is 2.59. The predicted molar refractivity (Wildman–Crippen MR) is 59.4 cm³/mol. The Labute approximate surface area is 87.8 Å². The third kappa shape index (κ3) is 1.69. The highest BCUT2D eigenvalue weighted by molar-refractivity contribution is 5.80. The highest BCUT2D eigenvalue weighted by Gasteiger charge is 2.19. The van der Waals surface area contributed by atoms with E-state index in [0.717, 1.165) is 16.5 Å². The average molecular weight is 200 g/mol. The second-order valence-corrected chi connectivity index (χ2v) is 4.04. The van der Waals surface area contributed by atoms with Crippen LogP contribution in [-0.2, 0) is 10.3 Å². The molecule has 1 heterocycles. The first-order chi connectivity index (χ1) is 7.13. The fourth-order valence-corrected chi connectivity index (χ4v) is 1.61. The number of hydrogen-bond acceptors (Lipinski definition) is 2. The van der Waals surface area contributed by atoms with Crippen LogP contribution in [0.15, 0.2) is 35.5 Å². The summed E-state index contributed by atoms with van der Waals surface area (Å²) in [5, 5.41) is 1.16. The number of aromatic nitrogens is 1. The summed E-state index contributed by atoms with van der Waals surface area (Å²) in [6, 6.07) is 8.02. The Balaban J connectivity index is 2.56. The number of carbonyl (C=O) groups excluding carboxylic acids is 1. The van der Waals surface area contributed by atoms with Crippen molar-refractivity contribution in [3.8, 4) is 0 Å². The summed E-state index contributed by atoms with van der Waals surface area (Å²) in [7, 11) is 0. The lowest BCUT2D eigenvalue weighted by Crippen LogP contribution is -2.13. The smallest absolute Gasteiger partial charge is 0.235 e. The van der Waals surface area contributed by atoms with Crippen LogP contribution in [-0.4, -0.2) is 11.1 Å². The van der Waals surface area contributed by atoms with Gasteiger partial charge in [0, 0.05) is 11.7 Å². The van der Waals surface area contributed by atoms with Crippen molar-refractivity contribution >= 4 is 17.0 Å². The zero-order valence-electron chi connectivity index (χ0n) is 8.74. The minimum atomic E-state index is -0.513. The molecule has 15 heavy (non-hydrogen) atoms. The molecule has 1 aromatic carbocycles. The molecule has 0 atom stereocenters. The molecule has 0 radical (unpaired) electrons. The quantitative estimate of drug-likeness (QED) is 0.588. The summed E-state index contributed by atoms with van der Waals surface area (Å²) in [5.74, 6) is 0. The molecule has 0 aliphatic carbocycles. The minimum absolute atomic E-state index is 0.513. The van der Waals surface area contributed by atoms with Gasteiger partial charge in [-0.25, -0.2) is 4.79 Å². The lowest BCUT2D eigenvalue weighted by molar-refractivity contribution is 0.523. The van der Waals surface area contributed by atoms with E-state index in [1.54, 1.807) is 6.08 Å². The fourth-order valence-electron chi connectivity index (χ4n) is 1.61. The van der Waals surface area contributed by atoms with Crippen LogP contribution < -0.4 is 0 Å². The van der Waals surface area contributed by atoms with Crippen molar-refractivity contribution in [2.45, 2.75) is 19.4 Å². The van der Waals surface area contributed by atoms with Gasteiger partial charge in [-0.1, -0.05) is 12.1 Å². The van der Waals surface area contributed by atoms with Crippen molar-refractivity contribution in [1.82, 2.24) is 4.98 Å². The number of aromatic amines is 1. The van der Waals surface area contributed by atoms with Gasteiger partial charge in [0.2, 0.25) is 6.08 Å². The van der Waals surface area contributed by atoms with Crippen LogP contribution in [0, 0.1) is 0 Å². The number of hydrogen-bond donors (Lipinski definition) is 1. The van der Waals surface area contributed by atoms with Crippen LogP contribution in [0.5, 0.6) is 0 Å². The van der Waals surface area contributed by atoms with Crippen LogP contribution in [0.1, 0.15) is 19.4 Å². The van der Waals surface area contributed by atoms with E-state index >= 15 is 0 Å². The Morgan fingerprint density at radius 3 is 2.87 bits per heavy atom. The van der Waals surface area contributed by atoms with Crippen molar-refractivity contribution in [3.05, 3.63) is 36.0 Å². The number of isocyanates is 1. The number of benzene rings is 1. The molecule has 0 bridgehead atoms. The minimum Gasteiger partial charge on any atom is -0.361 e. The van der Waals surface area contributed by atoms with E-state index in [1.165, 1.54) is 0 Å². The molecule has 1 aromatic heterocycles. The summed E-state index contributed by atoms with van der Waals surface area (Å²) in [4.78, 5) is 17.2. The van der Waals surface area contributed by atoms with Crippen LogP contribution in [0.4, 0.5) is 0 Å². The highest BCUT2D eigenvalue weighted by atomic mass is 16.1. The van der Waals surface area contributed by atoms with Gasteiger partial charge in [-0.3, -0.25) is 0 Å². The lowest BCUT2D eigenvalue weighted by Gasteiger charge is -2.17. The van der Waals surface area contributed by atoms with Gasteiger partial charge in [-0.2, -0.15) is 4.99 Å². The SMILES string of the molecule is CC(C)(N=C=O)c1ccc2cc[nH]c2c1. The molecule has 0 unspecified atom stereocenters. The Morgan fingerprint density at radius 1 is 1.33 bits per heavy atom. The molecule has 0 saturated heterocycles. The first-order valence-corrected chi connectivity index (χ1v) is 4.80. The molecule has 0 fully saturated rings. The van der Waals surface area contributed by atoms with Crippen LogP contribution in [0.2, 0.25) is 0 Å². The Morgan fingerprint density at radius 2 is 2.13 bits per heavy atom. The molecule has 2 aromatic rings. The highest BCUT2D eigenvalue weighted by Crippen LogP contribution is 2.26. The van der Waals surface area contributed by atoms with Gasteiger partial charge in [0.05, 0.1) is 5.54 Å². The molecule has 0 aliphatic rings. The van der Waals surface area contributed by atoms with Crippen molar-refractivity contribution in [2.75, 3.05) is 0 Å². The largest absolute Gasteiger partial charge is 0.361 e. The number of aliphatic imine (C=N–C) groups is 1. The second kappa shape index (κ2) is 3.37. The van der Waals surface area contributed by atoms with Crippen molar-refractivity contribution < 1.29 is 4.79 Å². The van der Waals surface area contributed by atoms with Gasteiger partial charge < -0.3 is 4.98 Å². The van der Waals surface area contributed by atoms with Gasteiger partial charge in [0.25, 0.3) is 0 Å². The summed E-state index contributed by atoms with van der Waals surface area (Å²) >= 11 is 0. The first kappa shape index (κ1) is 9.69. The number of nitrogens with zero attached hydrogens (tertiary/aromatic N) is 1. The van der Waals surface area contributed by atoms with Gasteiger partial charge in [0.1, 0.15) is 0 Å². The Kier molecular flexibility index (Phi) is 2.18. The molecule has 1 N–H and O–H groups in total. The average Bonchev–Trinajstić information content (AvgIpc) is 2.63. The molecule has 0 spiro atoms. The maximum absolute atomic E-state index is 10.3. The van der Waals surface area contributed by atoms with Gasteiger partial charge >= 0.3 is 0 Å². The molecular formula is C12H12N2O. The van der Waals surface area contributed by atoms with Crippen LogP contribution in [0.3, 0.4) is 0 Å². The van der Waals surface area contributed by atoms with Gasteiger partial charge in [-0.15, -0.1) is 0 Å². The van der Waals surface area contributed by atoms with Crippen molar-refractivity contribution in [3.63, 3.8) is 0 Å². The molecule has 3 heteroatoms. The van der Waals surface area contributed by atoms with Crippen LogP contribution >= 0.6 is 0 Å². The van der Waals surface area contributed by atoms with Crippen molar-refractivity contribution in [1.29, 1.82) is 0 Å². The molecule has 0 amide bonds. The number of H-pyrrole nitrogens is 1. The molecule has 3 nitrogen and oxygen atoms in total. The molecule has 2 rings (SSSR count). The molecule has 76 valence electrons. The number of nitrogens with one attached hydrogen (secondary N) is 1. The third-order valence-electron chi connectivity index (χ3n) is 2.59. The maximum Gasteiger partial charge on any atom is 0.235 e.